The highest BCUT2D eigenvalue weighted by molar-refractivity contribution is 7.99. The van der Waals surface area contributed by atoms with Crippen molar-refractivity contribution < 1.29 is 18.0 Å². The second kappa shape index (κ2) is 5.05. The van der Waals surface area contributed by atoms with Crippen LogP contribution in [-0.2, 0) is 4.79 Å². The minimum Gasteiger partial charge on any atom is -0.298 e. The van der Waals surface area contributed by atoms with Gasteiger partial charge in [-0.3, -0.25) is 4.79 Å². The Balaban J connectivity index is 3.62. The van der Waals surface area contributed by atoms with E-state index in [1.165, 1.54) is 0 Å². The number of thioether (sulfide) groups is 1. The highest BCUT2D eigenvalue weighted by Gasteiger charge is 2.27. The average molecular weight is 228 g/mol. The molecule has 0 aliphatic carbocycles. The van der Waals surface area contributed by atoms with Crippen molar-refractivity contribution in [1.29, 1.82) is 0 Å². The molecular weight excluding hydrogens is 213 g/mol. The van der Waals surface area contributed by atoms with Crippen molar-refractivity contribution >= 4 is 17.5 Å². The Morgan fingerprint density at radius 3 is 2.07 bits per heavy atom. The summed E-state index contributed by atoms with van der Waals surface area (Å²) in [5.41, 5.74) is -0.453. The third-order valence-corrected chi connectivity index (χ3v) is 2.56. The molecule has 0 radical (unpaired) electrons. The zero-order valence-electron chi connectivity index (χ0n) is 8.57. The Kier molecular flexibility index (Phi) is 4.98. The van der Waals surface area contributed by atoms with Crippen LogP contribution in [0.2, 0.25) is 0 Å². The standard InChI is InChI=1S/C9H15F3OS/c1-8(2,3)7(13)6-14-5-4-9(10,11)12/h4-6H2,1-3H3. The van der Waals surface area contributed by atoms with Crippen molar-refractivity contribution in [2.75, 3.05) is 11.5 Å². The monoisotopic (exact) mass is 228 g/mol. The van der Waals surface area contributed by atoms with Gasteiger partial charge in [0.15, 0.2) is 0 Å². The molecule has 14 heavy (non-hydrogen) atoms. The van der Waals surface area contributed by atoms with Gasteiger partial charge in [0.1, 0.15) is 5.78 Å². The number of hydrogen-bond donors (Lipinski definition) is 0. The quantitative estimate of drug-likeness (QED) is 0.687. The van der Waals surface area contributed by atoms with Crippen LogP contribution in [0, 0.1) is 5.41 Å². The predicted octanol–water partition coefficient (Wildman–Crippen LogP) is 3.29. The Labute approximate surface area is 86.4 Å². The third kappa shape index (κ3) is 7.24. The fourth-order valence-corrected chi connectivity index (χ4v) is 1.71. The number of alkyl halides is 3. The van der Waals surface area contributed by atoms with E-state index in [1.54, 1.807) is 20.8 Å². The van der Waals surface area contributed by atoms with E-state index in [2.05, 4.69) is 0 Å². The summed E-state index contributed by atoms with van der Waals surface area (Å²) in [6, 6.07) is 0. The largest absolute Gasteiger partial charge is 0.389 e. The summed E-state index contributed by atoms with van der Waals surface area (Å²) in [6.45, 7) is 5.29. The average Bonchev–Trinajstić information content (AvgIpc) is 1.93. The number of ketones is 1. The molecular formula is C9H15F3OS. The van der Waals surface area contributed by atoms with Gasteiger partial charge in [0.2, 0.25) is 0 Å². The van der Waals surface area contributed by atoms with E-state index in [-0.39, 0.29) is 17.3 Å². The van der Waals surface area contributed by atoms with Gasteiger partial charge in [-0.1, -0.05) is 20.8 Å². The first-order valence-corrected chi connectivity index (χ1v) is 5.46. The lowest BCUT2D eigenvalue weighted by Crippen LogP contribution is -2.22. The topological polar surface area (TPSA) is 17.1 Å². The molecule has 0 aliphatic heterocycles. The molecule has 0 heterocycles. The molecule has 0 saturated heterocycles. The minimum atomic E-state index is -4.11. The van der Waals surface area contributed by atoms with Crippen molar-refractivity contribution in [3.63, 3.8) is 0 Å². The van der Waals surface area contributed by atoms with Gasteiger partial charge < -0.3 is 0 Å². The van der Waals surface area contributed by atoms with Crippen molar-refractivity contribution in [2.24, 2.45) is 5.41 Å². The Bertz CT molecular complexity index is 193. The van der Waals surface area contributed by atoms with E-state index in [0.29, 0.717) is 0 Å². The molecule has 0 atom stereocenters. The molecule has 0 amide bonds. The van der Waals surface area contributed by atoms with Crippen molar-refractivity contribution in [1.82, 2.24) is 0 Å². The molecule has 1 nitrogen and oxygen atoms in total. The first kappa shape index (κ1) is 13.8. The van der Waals surface area contributed by atoms with Gasteiger partial charge >= 0.3 is 6.18 Å². The lowest BCUT2D eigenvalue weighted by Gasteiger charge is -2.16. The Morgan fingerprint density at radius 1 is 1.21 bits per heavy atom. The molecule has 0 unspecified atom stereocenters. The number of halogens is 3. The summed E-state index contributed by atoms with van der Waals surface area (Å²) >= 11 is 1.05. The highest BCUT2D eigenvalue weighted by Crippen LogP contribution is 2.23. The van der Waals surface area contributed by atoms with Gasteiger partial charge in [0.25, 0.3) is 0 Å². The summed E-state index contributed by atoms with van der Waals surface area (Å²) in [6.07, 6.45) is -4.94. The van der Waals surface area contributed by atoms with Crippen LogP contribution in [0.1, 0.15) is 27.2 Å². The van der Waals surface area contributed by atoms with Crippen LogP contribution in [-0.4, -0.2) is 23.5 Å². The Morgan fingerprint density at radius 2 is 1.71 bits per heavy atom. The second-order valence-corrected chi connectivity index (χ2v) is 5.20. The maximum Gasteiger partial charge on any atom is 0.389 e. The fraction of sp³-hybridized carbons (Fsp3) is 0.889. The fourth-order valence-electron chi connectivity index (χ4n) is 0.569. The number of carbonyl (C=O) groups is 1. The molecule has 0 aromatic rings. The first-order chi connectivity index (χ1) is 6.13. The molecule has 0 saturated carbocycles. The van der Waals surface area contributed by atoms with E-state index in [4.69, 9.17) is 0 Å². The van der Waals surface area contributed by atoms with Crippen molar-refractivity contribution in [2.45, 2.75) is 33.4 Å². The van der Waals surface area contributed by atoms with Gasteiger partial charge in [-0.05, 0) is 0 Å². The molecule has 0 aliphatic rings. The molecule has 0 bridgehead atoms. The van der Waals surface area contributed by atoms with Crippen LogP contribution in [0.3, 0.4) is 0 Å². The van der Waals surface area contributed by atoms with Crippen LogP contribution in [0.5, 0.6) is 0 Å². The normalized spacial score (nSPS) is 13.0. The molecule has 0 spiro atoms. The minimum absolute atomic E-state index is 0.00956. The third-order valence-electron chi connectivity index (χ3n) is 1.60. The maximum absolute atomic E-state index is 11.7. The summed E-state index contributed by atoms with van der Waals surface area (Å²) in [4.78, 5) is 11.3. The molecule has 0 fully saturated rings. The molecule has 0 rings (SSSR count). The summed E-state index contributed by atoms with van der Waals surface area (Å²) in [7, 11) is 0. The van der Waals surface area contributed by atoms with Gasteiger partial charge in [-0.2, -0.15) is 24.9 Å². The second-order valence-electron chi connectivity index (χ2n) is 4.09. The zero-order valence-corrected chi connectivity index (χ0v) is 9.39. The van der Waals surface area contributed by atoms with Gasteiger partial charge in [0, 0.05) is 11.2 Å². The lowest BCUT2D eigenvalue weighted by molar-refractivity contribution is -0.130. The van der Waals surface area contributed by atoms with Crippen LogP contribution in [0.25, 0.3) is 0 Å². The first-order valence-electron chi connectivity index (χ1n) is 4.31. The predicted molar refractivity (Wildman–Crippen MR) is 52.5 cm³/mol. The van der Waals surface area contributed by atoms with Gasteiger partial charge in [-0.25, -0.2) is 0 Å². The SMILES string of the molecule is CC(C)(C)C(=O)CSCCC(F)(F)F. The van der Waals surface area contributed by atoms with Crippen LogP contribution in [0.15, 0.2) is 0 Å². The molecule has 0 N–H and O–H groups in total. The van der Waals surface area contributed by atoms with Crippen molar-refractivity contribution in [3.8, 4) is 0 Å². The van der Waals surface area contributed by atoms with Crippen molar-refractivity contribution in [3.05, 3.63) is 0 Å². The van der Waals surface area contributed by atoms with Gasteiger partial charge in [-0.15, -0.1) is 0 Å². The molecule has 0 aromatic heterocycles. The molecule has 5 heteroatoms. The van der Waals surface area contributed by atoms with E-state index < -0.39 is 18.0 Å². The summed E-state index contributed by atoms with van der Waals surface area (Å²) in [5.74, 6) is 0.120. The number of carbonyl (C=O) groups excluding carboxylic acids is 1. The van der Waals surface area contributed by atoms with E-state index in [1.807, 2.05) is 0 Å². The van der Waals surface area contributed by atoms with Crippen LogP contribution >= 0.6 is 11.8 Å². The number of hydrogen-bond acceptors (Lipinski definition) is 2. The molecule has 84 valence electrons. The van der Waals surface area contributed by atoms with E-state index in [0.717, 1.165) is 11.8 Å². The van der Waals surface area contributed by atoms with E-state index in [9.17, 15) is 18.0 Å². The smallest absolute Gasteiger partial charge is 0.298 e. The maximum atomic E-state index is 11.7. The highest BCUT2D eigenvalue weighted by atomic mass is 32.2. The van der Waals surface area contributed by atoms with Crippen LogP contribution in [0.4, 0.5) is 13.2 Å². The zero-order chi connectivity index (χ0) is 11.4. The summed E-state index contributed by atoms with van der Waals surface area (Å²) < 4.78 is 35.1. The van der Waals surface area contributed by atoms with Gasteiger partial charge in [0.05, 0.1) is 12.2 Å². The number of rotatable bonds is 4. The van der Waals surface area contributed by atoms with E-state index >= 15 is 0 Å². The lowest BCUT2D eigenvalue weighted by atomic mass is 9.92. The number of Topliss-reactive ketones (excluding diaryl/α,β-unsaturated/α-hetero) is 1. The van der Waals surface area contributed by atoms with Crippen LogP contribution < -0.4 is 0 Å². The molecule has 0 aromatic carbocycles. The Hall–Kier alpha value is -0.190. The summed E-state index contributed by atoms with van der Waals surface area (Å²) in [5, 5.41) is 0.